The molecule has 0 aliphatic carbocycles. The van der Waals surface area contributed by atoms with Crippen LogP contribution in [0.3, 0.4) is 0 Å². The molecule has 0 spiro atoms. The van der Waals surface area contributed by atoms with Crippen LogP contribution in [0.4, 0.5) is 10.1 Å². The van der Waals surface area contributed by atoms with Crippen LogP contribution in [-0.2, 0) is 11.3 Å². The van der Waals surface area contributed by atoms with E-state index in [1.54, 1.807) is 41.5 Å². The third-order valence-corrected chi connectivity index (χ3v) is 6.32. The summed E-state index contributed by atoms with van der Waals surface area (Å²) >= 11 is 0. The lowest BCUT2D eigenvalue weighted by Gasteiger charge is -2.21. The number of aromatic nitrogens is 3. The summed E-state index contributed by atoms with van der Waals surface area (Å²) in [4.78, 5) is 21.6. The van der Waals surface area contributed by atoms with Gasteiger partial charge in [-0.3, -0.25) is 9.69 Å². The Bertz CT molecular complexity index is 1270. The molecule has 1 amide bonds. The van der Waals surface area contributed by atoms with Gasteiger partial charge in [0.25, 0.3) is 0 Å². The topological polar surface area (TPSA) is 67.4 Å². The zero-order chi connectivity index (χ0) is 20.9. The number of fused-ring (bicyclic) bond motifs is 2. The zero-order valence-electron chi connectivity index (χ0n) is 16.7. The highest BCUT2D eigenvalue weighted by atomic mass is 19.1. The number of benzene rings is 2. The quantitative estimate of drug-likeness (QED) is 0.510. The summed E-state index contributed by atoms with van der Waals surface area (Å²) in [6.07, 6.45) is 4.93. The van der Waals surface area contributed by atoms with E-state index in [0.717, 1.165) is 23.1 Å². The van der Waals surface area contributed by atoms with Gasteiger partial charge in [0, 0.05) is 30.9 Å². The van der Waals surface area contributed by atoms with Gasteiger partial charge in [-0.25, -0.2) is 14.1 Å². The molecule has 2 aliphatic rings. The zero-order valence-corrected chi connectivity index (χ0v) is 16.7. The van der Waals surface area contributed by atoms with Crippen LogP contribution < -0.4 is 4.90 Å². The largest absolute Gasteiger partial charge is 0.448 e. The molecule has 2 saturated heterocycles. The molecule has 2 aromatic carbocycles. The molecule has 4 heterocycles. The number of carbonyl (C=O) groups excluding carboxylic acids is 1. The average Bonchev–Trinajstić information content (AvgIpc) is 3.55. The highest BCUT2D eigenvalue weighted by Gasteiger charge is 2.47. The maximum Gasteiger partial charge on any atom is 0.231 e. The first kappa shape index (κ1) is 18.3. The van der Waals surface area contributed by atoms with Gasteiger partial charge in [-0.05, 0) is 24.3 Å². The lowest BCUT2D eigenvalue weighted by molar-refractivity contribution is -0.120. The second-order valence-electron chi connectivity index (χ2n) is 8.15. The van der Waals surface area contributed by atoms with Crippen molar-refractivity contribution < 1.29 is 13.6 Å². The smallest absolute Gasteiger partial charge is 0.231 e. The molecule has 7 nitrogen and oxygen atoms in total. The first-order valence-electron chi connectivity index (χ1n) is 10.3. The van der Waals surface area contributed by atoms with Crippen molar-refractivity contribution in [2.45, 2.75) is 6.54 Å². The maximum atomic E-state index is 14.3. The summed E-state index contributed by atoms with van der Waals surface area (Å²) in [7, 11) is 0. The fourth-order valence-electron chi connectivity index (χ4n) is 4.91. The molecule has 4 aromatic rings. The second-order valence-corrected chi connectivity index (χ2v) is 8.15. The van der Waals surface area contributed by atoms with Crippen molar-refractivity contribution in [3.63, 3.8) is 0 Å². The Kier molecular flexibility index (Phi) is 4.14. The van der Waals surface area contributed by atoms with Crippen LogP contribution in [0.2, 0.25) is 0 Å². The number of rotatable bonds is 4. The summed E-state index contributed by atoms with van der Waals surface area (Å²) < 4.78 is 21.3. The molecule has 2 atom stereocenters. The molecule has 31 heavy (non-hydrogen) atoms. The summed E-state index contributed by atoms with van der Waals surface area (Å²) in [5, 5.41) is 5.27. The van der Waals surface area contributed by atoms with Gasteiger partial charge in [-0.1, -0.05) is 18.2 Å². The van der Waals surface area contributed by atoms with Gasteiger partial charge in [-0.15, -0.1) is 0 Å². The number of hydrogen-bond donors (Lipinski definition) is 0. The monoisotopic (exact) mass is 417 g/mol. The Labute approximate surface area is 177 Å². The molecule has 156 valence electrons. The van der Waals surface area contributed by atoms with Gasteiger partial charge in [0.15, 0.2) is 0 Å². The predicted octanol–water partition coefficient (Wildman–Crippen LogP) is 3.25. The molecular weight excluding hydrogens is 397 g/mol. The predicted molar refractivity (Wildman–Crippen MR) is 112 cm³/mol. The van der Waals surface area contributed by atoms with E-state index in [2.05, 4.69) is 15.0 Å². The summed E-state index contributed by atoms with van der Waals surface area (Å²) in [6.45, 7) is 2.82. The van der Waals surface area contributed by atoms with Gasteiger partial charge in [0.1, 0.15) is 17.8 Å². The van der Waals surface area contributed by atoms with Gasteiger partial charge in [0.05, 0.1) is 36.1 Å². The van der Waals surface area contributed by atoms with Crippen molar-refractivity contribution in [1.82, 2.24) is 19.7 Å². The molecule has 0 bridgehead atoms. The van der Waals surface area contributed by atoms with E-state index in [1.165, 1.54) is 6.07 Å². The third kappa shape index (κ3) is 2.94. The first-order chi connectivity index (χ1) is 15.2. The lowest BCUT2D eigenvalue weighted by Crippen LogP contribution is -2.32. The lowest BCUT2D eigenvalue weighted by atomic mass is 10.0. The van der Waals surface area contributed by atoms with Crippen LogP contribution in [0.5, 0.6) is 0 Å². The minimum absolute atomic E-state index is 0.0353. The number of oxazole rings is 1. The third-order valence-electron chi connectivity index (χ3n) is 6.32. The van der Waals surface area contributed by atoms with E-state index >= 15 is 0 Å². The van der Waals surface area contributed by atoms with Gasteiger partial charge in [-0.2, -0.15) is 5.10 Å². The Morgan fingerprint density at radius 3 is 2.74 bits per heavy atom. The first-order valence-corrected chi connectivity index (χ1v) is 10.3. The minimum Gasteiger partial charge on any atom is -0.448 e. The molecule has 0 saturated carbocycles. The van der Waals surface area contributed by atoms with E-state index in [1.807, 2.05) is 23.1 Å². The Balaban J connectivity index is 1.29. The molecule has 0 unspecified atom stereocenters. The summed E-state index contributed by atoms with van der Waals surface area (Å²) in [5.41, 5.74) is 2.00. The number of carbonyl (C=O) groups is 1. The number of nitrogens with zero attached hydrogens (tertiary/aromatic N) is 5. The minimum atomic E-state index is -0.337. The van der Waals surface area contributed by atoms with E-state index in [4.69, 9.17) is 4.42 Å². The van der Waals surface area contributed by atoms with Crippen molar-refractivity contribution in [3.05, 3.63) is 72.8 Å². The SMILES string of the molecule is O=C1[C@H]2CN(Cc3ncco3)C[C@@H]2CN1c1cccc2c1cnn2-c1ccccc1F. The standard InChI is InChI=1S/C23H20FN5O2/c24-18-4-1-2-5-21(18)29-20-7-3-6-19(16(20)10-26-29)28-12-15-11-27(13-17(15)23(28)30)14-22-25-8-9-31-22/h1-10,15,17H,11-14H2/t15-,17+/m1/s1. The normalized spacial score (nSPS) is 21.3. The van der Waals surface area contributed by atoms with Gasteiger partial charge >= 0.3 is 0 Å². The molecule has 0 N–H and O–H groups in total. The van der Waals surface area contributed by atoms with E-state index < -0.39 is 0 Å². The van der Waals surface area contributed by atoms with E-state index in [-0.39, 0.29) is 23.6 Å². The molecule has 2 aliphatic heterocycles. The Hall–Kier alpha value is -3.52. The molecule has 8 heteroatoms. The van der Waals surface area contributed by atoms with Crippen LogP contribution in [0.25, 0.3) is 16.6 Å². The Morgan fingerprint density at radius 1 is 1.06 bits per heavy atom. The van der Waals surface area contributed by atoms with Gasteiger partial charge in [0.2, 0.25) is 11.8 Å². The highest BCUT2D eigenvalue weighted by molar-refractivity contribution is 6.05. The molecule has 6 rings (SSSR count). The number of amides is 1. The number of halogens is 1. The molecule has 2 fully saturated rings. The molecular formula is C23H20FN5O2. The summed E-state index contributed by atoms with van der Waals surface area (Å²) in [6, 6.07) is 12.3. The fourth-order valence-corrected chi connectivity index (χ4v) is 4.91. The number of anilines is 1. The average molecular weight is 417 g/mol. The fraction of sp³-hybridized carbons (Fsp3) is 0.261. The van der Waals surface area contributed by atoms with E-state index in [0.29, 0.717) is 31.2 Å². The van der Waals surface area contributed by atoms with Crippen molar-refractivity contribution in [3.8, 4) is 5.69 Å². The van der Waals surface area contributed by atoms with Crippen molar-refractivity contribution in [2.75, 3.05) is 24.5 Å². The van der Waals surface area contributed by atoms with Crippen LogP contribution in [-0.4, -0.2) is 45.2 Å². The van der Waals surface area contributed by atoms with Crippen LogP contribution in [0.1, 0.15) is 5.89 Å². The summed E-state index contributed by atoms with van der Waals surface area (Å²) in [5.74, 6) is 0.697. The van der Waals surface area contributed by atoms with Crippen LogP contribution in [0, 0.1) is 17.7 Å². The van der Waals surface area contributed by atoms with Crippen molar-refractivity contribution in [1.29, 1.82) is 0 Å². The molecule has 2 aromatic heterocycles. The second kappa shape index (κ2) is 7.02. The maximum absolute atomic E-state index is 14.3. The molecule has 0 radical (unpaired) electrons. The number of hydrogen-bond acceptors (Lipinski definition) is 5. The number of likely N-dealkylation sites (tertiary alicyclic amines) is 1. The van der Waals surface area contributed by atoms with Gasteiger partial charge < -0.3 is 9.32 Å². The Morgan fingerprint density at radius 2 is 1.94 bits per heavy atom. The highest BCUT2D eigenvalue weighted by Crippen LogP contribution is 2.38. The van der Waals surface area contributed by atoms with Crippen LogP contribution in [0.15, 0.2) is 65.5 Å². The van der Waals surface area contributed by atoms with E-state index in [9.17, 15) is 9.18 Å². The van der Waals surface area contributed by atoms with Crippen LogP contribution >= 0.6 is 0 Å². The van der Waals surface area contributed by atoms with Crippen molar-refractivity contribution >= 4 is 22.5 Å². The van der Waals surface area contributed by atoms with Crippen molar-refractivity contribution in [2.24, 2.45) is 11.8 Å². The number of para-hydroxylation sites is 1.